The molecule has 0 aromatic carbocycles. The molecule has 8 nitrogen and oxygen atoms in total. The van der Waals surface area contributed by atoms with Crippen molar-refractivity contribution in [2.75, 3.05) is 5.32 Å². The molecular weight excluding hydrogens is 270 g/mol. The minimum Gasteiger partial charge on any atom is -0.304 e. The molecule has 3 rings (SSSR count). The fourth-order valence-corrected chi connectivity index (χ4v) is 2.00. The summed E-state index contributed by atoms with van der Waals surface area (Å²) in [6.07, 6.45) is 3.27. The second-order valence-corrected chi connectivity index (χ2v) is 4.94. The van der Waals surface area contributed by atoms with Gasteiger partial charge in [-0.25, -0.2) is 14.2 Å². The first kappa shape index (κ1) is 13.2. The summed E-state index contributed by atoms with van der Waals surface area (Å²) in [5, 5.41) is 11.1. The summed E-state index contributed by atoms with van der Waals surface area (Å²) in [4.78, 5) is 20.5. The van der Waals surface area contributed by atoms with E-state index in [1.807, 2.05) is 20.8 Å². The molecule has 21 heavy (non-hydrogen) atoms. The van der Waals surface area contributed by atoms with Gasteiger partial charge in [-0.05, 0) is 26.8 Å². The van der Waals surface area contributed by atoms with Gasteiger partial charge >= 0.3 is 0 Å². The minimum atomic E-state index is -0.387. The van der Waals surface area contributed by atoms with E-state index in [0.29, 0.717) is 11.6 Å². The van der Waals surface area contributed by atoms with Gasteiger partial charge in [0.15, 0.2) is 0 Å². The zero-order chi connectivity index (χ0) is 15.0. The molecule has 1 amide bonds. The third-order valence-electron chi connectivity index (χ3n) is 3.03. The van der Waals surface area contributed by atoms with E-state index in [2.05, 4.69) is 25.5 Å². The van der Waals surface area contributed by atoms with Crippen molar-refractivity contribution in [3.05, 3.63) is 36.0 Å². The van der Waals surface area contributed by atoms with E-state index in [1.165, 1.54) is 4.52 Å². The topological polar surface area (TPSA) is 90.0 Å². The zero-order valence-electron chi connectivity index (χ0n) is 12.0. The van der Waals surface area contributed by atoms with Crippen LogP contribution in [0.1, 0.15) is 36.2 Å². The predicted molar refractivity (Wildman–Crippen MR) is 76.1 cm³/mol. The quantitative estimate of drug-likeness (QED) is 0.786. The number of nitrogens with one attached hydrogen (secondary N) is 1. The molecule has 0 saturated carbocycles. The van der Waals surface area contributed by atoms with Crippen molar-refractivity contribution in [1.82, 2.24) is 29.4 Å². The van der Waals surface area contributed by atoms with E-state index in [-0.39, 0.29) is 17.8 Å². The number of carbonyl (C=O) groups excluding carboxylic acids is 1. The number of nitrogens with zero attached hydrogens (tertiary/aromatic N) is 6. The minimum absolute atomic E-state index is 0.0771. The predicted octanol–water partition coefficient (Wildman–Crippen LogP) is 1.46. The van der Waals surface area contributed by atoms with Crippen LogP contribution in [-0.2, 0) is 0 Å². The lowest BCUT2D eigenvalue weighted by molar-refractivity contribution is 0.101. The molecule has 0 bridgehead atoms. The van der Waals surface area contributed by atoms with Crippen LogP contribution >= 0.6 is 0 Å². The van der Waals surface area contributed by atoms with Crippen molar-refractivity contribution in [1.29, 1.82) is 0 Å². The summed E-state index contributed by atoms with van der Waals surface area (Å²) < 4.78 is 3.26. The van der Waals surface area contributed by atoms with Crippen molar-refractivity contribution in [3.8, 4) is 0 Å². The van der Waals surface area contributed by atoms with Crippen LogP contribution in [0.25, 0.3) is 5.78 Å². The molecule has 0 spiro atoms. The van der Waals surface area contributed by atoms with Crippen LogP contribution < -0.4 is 5.32 Å². The van der Waals surface area contributed by atoms with Crippen molar-refractivity contribution >= 4 is 17.5 Å². The van der Waals surface area contributed by atoms with Gasteiger partial charge < -0.3 is 5.32 Å². The van der Waals surface area contributed by atoms with Gasteiger partial charge in [0, 0.05) is 24.0 Å². The van der Waals surface area contributed by atoms with Crippen LogP contribution in [0.15, 0.2) is 24.5 Å². The lowest BCUT2D eigenvalue weighted by Gasteiger charge is -2.10. The smallest absolute Gasteiger partial charge is 0.296 e. The molecular formula is C13H15N7O. The number of hydrogen-bond donors (Lipinski definition) is 1. The van der Waals surface area contributed by atoms with Gasteiger partial charge in [0.2, 0.25) is 5.82 Å². The number of aromatic nitrogens is 6. The molecule has 0 aliphatic heterocycles. The summed E-state index contributed by atoms with van der Waals surface area (Å²) >= 11 is 0. The molecule has 8 heteroatoms. The molecule has 0 aliphatic carbocycles. The molecule has 0 atom stereocenters. The Bertz CT molecular complexity index is 802. The van der Waals surface area contributed by atoms with E-state index >= 15 is 0 Å². The zero-order valence-corrected chi connectivity index (χ0v) is 12.0. The molecule has 0 saturated heterocycles. The van der Waals surface area contributed by atoms with Crippen LogP contribution in [0.5, 0.6) is 0 Å². The van der Waals surface area contributed by atoms with Crippen LogP contribution in [-0.4, -0.2) is 35.3 Å². The summed E-state index contributed by atoms with van der Waals surface area (Å²) in [6, 6.07) is 3.68. The number of aryl methyl sites for hydroxylation is 1. The maximum Gasteiger partial charge on any atom is 0.296 e. The molecule has 3 heterocycles. The highest BCUT2D eigenvalue weighted by Crippen LogP contribution is 2.13. The van der Waals surface area contributed by atoms with Crippen LogP contribution in [0.2, 0.25) is 0 Å². The molecule has 3 aromatic heterocycles. The largest absolute Gasteiger partial charge is 0.304 e. The molecule has 3 aromatic rings. The van der Waals surface area contributed by atoms with Gasteiger partial charge in [0.25, 0.3) is 11.7 Å². The summed E-state index contributed by atoms with van der Waals surface area (Å²) in [5.74, 6) is 0.701. The number of rotatable bonds is 3. The van der Waals surface area contributed by atoms with Gasteiger partial charge in [-0.3, -0.25) is 4.79 Å². The molecule has 0 fully saturated rings. The third kappa shape index (κ3) is 2.35. The van der Waals surface area contributed by atoms with Crippen molar-refractivity contribution in [3.63, 3.8) is 0 Å². The number of carbonyl (C=O) groups is 1. The van der Waals surface area contributed by atoms with E-state index in [1.54, 1.807) is 29.2 Å². The van der Waals surface area contributed by atoms with E-state index < -0.39 is 0 Å². The highest BCUT2D eigenvalue weighted by Gasteiger charge is 2.16. The van der Waals surface area contributed by atoms with Crippen molar-refractivity contribution in [2.24, 2.45) is 0 Å². The SMILES string of the molecule is Cc1ccnc2nc(C(=O)Nc3ccnn3C(C)C)nn12. The maximum atomic E-state index is 12.2. The average molecular weight is 285 g/mol. The highest BCUT2D eigenvalue weighted by atomic mass is 16.2. The monoisotopic (exact) mass is 285 g/mol. The Hall–Kier alpha value is -2.77. The van der Waals surface area contributed by atoms with Crippen LogP contribution in [0.3, 0.4) is 0 Å². The van der Waals surface area contributed by atoms with Gasteiger partial charge in [-0.1, -0.05) is 0 Å². The Morgan fingerprint density at radius 3 is 2.81 bits per heavy atom. The average Bonchev–Trinajstić information content (AvgIpc) is 3.05. The normalized spacial score (nSPS) is 11.2. The van der Waals surface area contributed by atoms with Gasteiger partial charge in [-0.2, -0.15) is 10.1 Å². The Morgan fingerprint density at radius 1 is 1.29 bits per heavy atom. The molecule has 0 aliphatic rings. The lowest BCUT2D eigenvalue weighted by atomic mass is 10.4. The number of fused-ring (bicyclic) bond motifs is 1. The summed E-state index contributed by atoms with van der Waals surface area (Å²) in [7, 11) is 0. The van der Waals surface area contributed by atoms with Gasteiger partial charge in [-0.15, -0.1) is 5.10 Å². The van der Waals surface area contributed by atoms with E-state index in [4.69, 9.17) is 0 Å². The summed E-state index contributed by atoms with van der Waals surface area (Å²) in [5.41, 5.74) is 0.860. The van der Waals surface area contributed by atoms with Crippen molar-refractivity contribution < 1.29 is 4.79 Å². The summed E-state index contributed by atoms with van der Waals surface area (Å²) in [6.45, 7) is 5.84. The fraction of sp³-hybridized carbons (Fsp3) is 0.308. The first-order valence-electron chi connectivity index (χ1n) is 6.59. The van der Waals surface area contributed by atoms with Crippen LogP contribution in [0, 0.1) is 6.92 Å². The second kappa shape index (κ2) is 4.97. The maximum absolute atomic E-state index is 12.2. The molecule has 0 unspecified atom stereocenters. The molecule has 0 radical (unpaired) electrons. The van der Waals surface area contributed by atoms with E-state index in [9.17, 15) is 4.79 Å². The number of amides is 1. The second-order valence-electron chi connectivity index (χ2n) is 4.94. The number of anilines is 1. The molecule has 1 N–H and O–H groups in total. The fourth-order valence-electron chi connectivity index (χ4n) is 2.00. The van der Waals surface area contributed by atoms with Gasteiger partial charge in [0.05, 0.1) is 6.20 Å². The Kier molecular flexibility index (Phi) is 3.13. The first-order valence-corrected chi connectivity index (χ1v) is 6.59. The molecule has 108 valence electrons. The highest BCUT2D eigenvalue weighted by molar-refractivity contribution is 6.01. The standard InChI is InChI=1S/C13H15N7O/c1-8(2)19-10(5-7-15-19)16-12(21)11-17-13-14-6-4-9(3)20(13)18-11/h4-8H,1-3H3,(H,16,21). The lowest BCUT2D eigenvalue weighted by Crippen LogP contribution is -2.18. The Morgan fingerprint density at radius 2 is 2.10 bits per heavy atom. The van der Waals surface area contributed by atoms with E-state index in [0.717, 1.165) is 5.69 Å². The Balaban J connectivity index is 1.90. The Labute approximate surface area is 120 Å². The van der Waals surface area contributed by atoms with Crippen LogP contribution in [0.4, 0.5) is 5.82 Å². The first-order chi connectivity index (χ1) is 10.1. The van der Waals surface area contributed by atoms with Gasteiger partial charge in [0.1, 0.15) is 5.82 Å². The third-order valence-corrected chi connectivity index (χ3v) is 3.03. The van der Waals surface area contributed by atoms with Crippen molar-refractivity contribution in [2.45, 2.75) is 26.8 Å². The number of hydrogen-bond acceptors (Lipinski definition) is 5.